The van der Waals surface area contributed by atoms with Crippen LogP contribution in [0, 0.1) is 17.7 Å². The molecule has 0 aromatic carbocycles. The van der Waals surface area contributed by atoms with Gasteiger partial charge < -0.3 is 10.0 Å². The summed E-state index contributed by atoms with van der Waals surface area (Å²) in [5.41, 5.74) is 0.242. The Morgan fingerprint density at radius 1 is 1.43 bits per heavy atom. The number of carbonyl (C=O) groups excluding carboxylic acids is 1. The first-order chi connectivity index (χ1) is 10.1. The molecule has 4 nitrogen and oxygen atoms in total. The third-order valence-corrected chi connectivity index (χ3v) is 4.95. The molecule has 2 fully saturated rings. The Labute approximate surface area is 124 Å². The van der Waals surface area contributed by atoms with Crippen LogP contribution in [0.25, 0.3) is 0 Å². The van der Waals surface area contributed by atoms with Gasteiger partial charge in [-0.25, -0.2) is 9.37 Å². The van der Waals surface area contributed by atoms with Crippen molar-refractivity contribution >= 4 is 5.91 Å². The zero-order chi connectivity index (χ0) is 15.0. The van der Waals surface area contributed by atoms with Crippen molar-refractivity contribution in [3.63, 3.8) is 0 Å². The Balaban J connectivity index is 1.85. The van der Waals surface area contributed by atoms with E-state index in [1.807, 2.05) is 6.92 Å². The summed E-state index contributed by atoms with van der Waals surface area (Å²) in [4.78, 5) is 18.2. The number of nitrogens with zero attached hydrogens (tertiary/aromatic N) is 2. The summed E-state index contributed by atoms with van der Waals surface area (Å²) in [5.74, 6) is 0.0749. The monoisotopic (exact) mass is 292 g/mol. The van der Waals surface area contributed by atoms with E-state index in [4.69, 9.17) is 0 Å². The van der Waals surface area contributed by atoms with Gasteiger partial charge in [0.25, 0.3) is 5.91 Å². The van der Waals surface area contributed by atoms with Gasteiger partial charge in [0.2, 0.25) is 0 Å². The first kappa shape index (κ1) is 14.4. The highest BCUT2D eigenvalue weighted by atomic mass is 19.1. The number of aliphatic hydroxyl groups is 1. The molecule has 0 unspecified atom stereocenters. The maximum Gasteiger partial charge on any atom is 0.272 e. The molecule has 1 N–H and O–H groups in total. The molecule has 2 bridgehead atoms. The van der Waals surface area contributed by atoms with Gasteiger partial charge in [0, 0.05) is 6.54 Å². The Hall–Kier alpha value is -1.49. The van der Waals surface area contributed by atoms with E-state index in [-0.39, 0.29) is 23.6 Å². The maximum absolute atomic E-state index is 12.9. The van der Waals surface area contributed by atoms with Crippen molar-refractivity contribution in [2.24, 2.45) is 11.8 Å². The number of likely N-dealkylation sites (tertiary alicyclic amines) is 1. The molecule has 2 aliphatic rings. The van der Waals surface area contributed by atoms with Crippen LogP contribution in [0.2, 0.25) is 0 Å². The van der Waals surface area contributed by atoms with Crippen molar-refractivity contribution in [1.29, 1.82) is 0 Å². The van der Waals surface area contributed by atoms with Gasteiger partial charge in [-0.15, -0.1) is 0 Å². The standard InChI is InChI=1S/C16H21FN2O2/c1-10-15(20)12-4-2-3-11(7-12)9-19(10)16(21)14-6-5-13(17)8-18-14/h5-6,8,10-12,15,20H,2-4,7,9H2,1H3/t10-,11-,12+,15-/m0/s1. The van der Waals surface area contributed by atoms with Crippen molar-refractivity contribution < 1.29 is 14.3 Å². The van der Waals surface area contributed by atoms with Crippen LogP contribution in [0.4, 0.5) is 4.39 Å². The molecule has 1 amide bonds. The van der Waals surface area contributed by atoms with Gasteiger partial charge in [0.15, 0.2) is 0 Å². The third-order valence-electron chi connectivity index (χ3n) is 4.95. The van der Waals surface area contributed by atoms with Crippen molar-refractivity contribution in [2.45, 2.75) is 44.8 Å². The zero-order valence-corrected chi connectivity index (χ0v) is 12.2. The Kier molecular flexibility index (Phi) is 3.93. The predicted molar refractivity (Wildman–Crippen MR) is 76.1 cm³/mol. The molecule has 1 aliphatic heterocycles. The van der Waals surface area contributed by atoms with Crippen LogP contribution in [0.5, 0.6) is 0 Å². The second-order valence-corrected chi connectivity index (χ2v) is 6.34. The SMILES string of the molecule is C[C@H]1[C@H](O)[C@@H]2CCC[C@@H](C2)CN1C(=O)c1ccc(F)cn1. The van der Waals surface area contributed by atoms with E-state index in [1.165, 1.54) is 12.1 Å². The molecule has 1 aromatic rings. The summed E-state index contributed by atoms with van der Waals surface area (Å²) < 4.78 is 12.9. The van der Waals surface area contributed by atoms with Crippen molar-refractivity contribution in [2.75, 3.05) is 6.54 Å². The molecule has 4 atom stereocenters. The number of fused-ring (bicyclic) bond motifs is 2. The van der Waals surface area contributed by atoms with Crippen LogP contribution in [0.15, 0.2) is 18.3 Å². The second kappa shape index (κ2) is 5.72. The number of rotatable bonds is 1. The summed E-state index contributed by atoms with van der Waals surface area (Å²) in [7, 11) is 0. The fourth-order valence-electron chi connectivity index (χ4n) is 3.75. The normalized spacial score (nSPS) is 32.6. The third kappa shape index (κ3) is 2.79. The Morgan fingerprint density at radius 2 is 2.24 bits per heavy atom. The fraction of sp³-hybridized carbons (Fsp3) is 0.625. The summed E-state index contributed by atoms with van der Waals surface area (Å²) in [6.45, 7) is 2.55. The van der Waals surface area contributed by atoms with Gasteiger partial charge in [-0.3, -0.25) is 4.79 Å². The van der Waals surface area contributed by atoms with Crippen LogP contribution >= 0.6 is 0 Å². The molecule has 1 aliphatic carbocycles. The van der Waals surface area contributed by atoms with E-state index in [9.17, 15) is 14.3 Å². The number of hydrogen-bond donors (Lipinski definition) is 1. The molecule has 1 saturated heterocycles. The van der Waals surface area contributed by atoms with Crippen molar-refractivity contribution in [3.05, 3.63) is 29.8 Å². The van der Waals surface area contributed by atoms with Gasteiger partial charge in [0.05, 0.1) is 18.3 Å². The number of hydrogen-bond acceptors (Lipinski definition) is 3. The van der Waals surface area contributed by atoms with E-state index in [0.29, 0.717) is 12.5 Å². The molecule has 21 heavy (non-hydrogen) atoms. The highest BCUT2D eigenvalue weighted by molar-refractivity contribution is 5.92. The Morgan fingerprint density at radius 3 is 2.95 bits per heavy atom. The van der Waals surface area contributed by atoms with E-state index < -0.39 is 11.9 Å². The van der Waals surface area contributed by atoms with Gasteiger partial charge >= 0.3 is 0 Å². The van der Waals surface area contributed by atoms with Gasteiger partial charge in [0.1, 0.15) is 11.5 Å². The lowest BCUT2D eigenvalue weighted by Crippen LogP contribution is -2.46. The highest BCUT2D eigenvalue weighted by Gasteiger charge is 2.39. The topological polar surface area (TPSA) is 53.4 Å². The summed E-state index contributed by atoms with van der Waals surface area (Å²) in [6.07, 6.45) is 4.84. The molecule has 1 aromatic heterocycles. The number of aliphatic hydroxyl groups excluding tert-OH is 1. The largest absolute Gasteiger partial charge is 0.391 e. The van der Waals surface area contributed by atoms with Gasteiger partial charge in [-0.2, -0.15) is 0 Å². The predicted octanol–water partition coefficient (Wildman–Crippen LogP) is 2.23. The molecular weight excluding hydrogens is 271 g/mol. The molecule has 114 valence electrons. The molecule has 0 radical (unpaired) electrons. The highest BCUT2D eigenvalue weighted by Crippen LogP contribution is 2.37. The lowest BCUT2D eigenvalue weighted by Gasteiger charge is -2.31. The molecule has 1 saturated carbocycles. The maximum atomic E-state index is 12.9. The van der Waals surface area contributed by atoms with Crippen LogP contribution in [0.1, 0.15) is 43.1 Å². The molecule has 0 spiro atoms. The summed E-state index contributed by atoms with van der Waals surface area (Å²) in [6, 6.07) is 2.43. The van der Waals surface area contributed by atoms with Crippen LogP contribution < -0.4 is 0 Å². The zero-order valence-electron chi connectivity index (χ0n) is 12.2. The minimum absolute atomic E-state index is 0.214. The smallest absolute Gasteiger partial charge is 0.272 e. The average molecular weight is 292 g/mol. The number of pyridine rings is 1. The number of amides is 1. The van der Waals surface area contributed by atoms with E-state index >= 15 is 0 Å². The van der Waals surface area contributed by atoms with E-state index in [0.717, 1.165) is 31.9 Å². The quantitative estimate of drug-likeness (QED) is 0.863. The number of carbonyl (C=O) groups is 1. The van der Waals surface area contributed by atoms with E-state index in [2.05, 4.69) is 4.98 Å². The Bertz CT molecular complexity index is 520. The fourth-order valence-corrected chi connectivity index (χ4v) is 3.75. The van der Waals surface area contributed by atoms with E-state index in [1.54, 1.807) is 4.90 Å². The lowest BCUT2D eigenvalue weighted by molar-refractivity contribution is 0.0257. The van der Waals surface area contributed by atoms with Crippen LogP contribution in [-0.4, -0.2) is 39.6 Å². The first-order valence-electron chi connectivity index (χ1n) is 7.67. The lowest BCUT2D eigenvalue weighted by atomic mass is 9.79. The van der Waals surface area contributed by atoms with Crippen LogP contribution in [0.3, 0.4) is 0 Å². The molecule has 2 heterocycles. The molecule has 5 heteroatoms. The summed E-state index contributed by atoms with van der Waals surface area (Å²) in [5, 5.41) is 10.5. The van der Waals surface area contributed by atoms with Crippen molar-refractivity contribution in [3.8, 4) is 0 Å². The van der Waals surface area contributed by atoms with Crippen molar-refractivity contribution in [1.82, 2.24) is 9.88 Å². The minimum atomic E-state index is -0.486. The molecule has 3 rings (SSSR count). The second-order valence-electron chi connectivity index (χ2n) is 6.34. The van der Waals surface area contributed by atoms with Gasteiger partial charge in [-0.05, 0) is 50.2 Å². The average Bonchev–Trinajstić information content (AvgIpc) is 2.58. The minimum Gasteiger partial charge on any atom is -0.391 e. The first-order valence-corrected chi connectivity index (χ1v) is 7.67. The van der Waals surface area contributed by atoms with Crippen LogP contribution in [-0.2, 0) is 0 Å². The molecular formula is C16H21FN2O2. The van der Waals surface area contributed by atoms with Gasteiger partial charge in [-0.1, -0.05) is 6.42 Å². The number of aromatic nitrogens is 1. The number of halogens is 1. The summed E-state index contributed by atoms with van der Waals surface area (Å²) >= 11 is 0.